The molecule has 1 atom stereocenters. The first kappa shape index (κ1) is 21.5. The molecule has 2 heterocycles. The normalized spacial score (nSPS) is 17.7. The van der Waals surface area contributed by atoms with E-state index < -0.39 is 34.1 Å². The van der Waals surface area contributed by atoms with E-state index in [1.165, 1.54) is 18.2 Å². The quantitative estimate of drug-likeness (QED) is 0.611. The van der Waals surface area contributed by atoms with Gasteiger partial charge in [-0.25, -0.2) is 8.42 Å². The van der Waals surface area contributed by atoms with Gasteiger partial charge in [-0.3, -0.25) is 4.79 Å². The molecule has 0 bridgehead atoms. The van der Waals surface area contributed by atoms with Crippen LogP contribution in [0.15, 0.2) is 47.4 Å². The van der Waals surface area contributed by atoms with Gasteiger partial charge in [0, 0.05) is 12.2 Å². The Morgan fingerprint density at radius 1 is 1.16 bits per heavy atom. The molecule has 1 aliphatic heterocycles. The van der Waals surface area contributed by atoms with Crippen molar-refractivity contribution in [1.29, 1.82) is 0 Å². The smallest absolute Gasteiger partial charge is 0.406 e. The zero-order chi connectivity index (χ0) is 22.2. The van der Waals surface area contributed by atoms with Crippen LogP contribution in [0.1, 0.15) is 12.8 Å². The lowest BCUT2D eigenvalue weighted by atomic mass is 10.2. The van der Waals surface area contributed by atoms with E-state index in [0.717, 1.165) is 28.2 Å². The SMILES string of the molecule is O=C(Nc1ccc(OC(F)(F)F)cc1)C1CCCN1S(=O)(=O)c1cccc2nsnc12. The average Bonchev–Trinajstić information content (AvgIpc) is 3.37. The van der Waals surface area contributed by atoms with Crippen LogP contribution in [-0.2, 0) is 14.8 Å². The molecular weight excluding hydrogens is 457 g/mol. The number of halogens is 3. The maximum Gasteiger partial charge on any atom is 0.573 e. The van der Waals surface area contributed by atoms with E-state index >= 15 is 0 Å². The summed E-state index contributed by atoms with van der Waals surface area (Å²) in [5.41, 5.74) is 0.917. The highest BCUT2D eigenvalue weighted by molar-refractivity contribution is 7.89. The molecule has 0 aliphatic carbocycles. The number of alkyl halides is 3. The lowest BCUT2D eigenvalue weighted by Gasteiger charge is -2.23. The molecule has 1 aliphatic rings. The predicted octanol–water partition coefficient (Wildman–Crippen LogP) is 3.38. The van der Waals surface area contributed by atoms with Gasteiger partial charge in [-0.05, 0) is 49.2 Å². The standard InChI is InChI=1S/C18H15F3N4O4S2/c19-18(20,21)29-12-8-6-11(7-9-12)22-17(26)14-4-2-10-25(14)31(27,28)15-5-1-3-13-16(15)24-30-23-13/h1,3,5-9,14H,2,4,10H2,(H,22,26). The molecule has 3 aromatic rings. The number of hydrogen-bond donors (Lipinski definition) is 1. The van der Waals surface area contributed by atoms with Crippen molar-refractivity contribution < 1.29 is 31.1 Å². The monoisotopic (exact) mass is 472 g/mol. The molecule has 8 nitrogen and oxygen atoms in total. The number of fused-ring (bicyclic) bond motifs is 1. The van der Waals surface area contributed by atoms with Gasteiger partial charge < -0.3 is 10.1 Å². The summed E-state index contributed by atoms with van der Waals surface area (Å²) in [5.74, 6) is -1.00. The summed E-state index contributed by atoms with van der Waals surface area (Å²) in [7, 11) is -4.02. The van der Waals surface area contributed by atoms with Gasteiger partial charge in [-0.15, -0.1) is 13.2 Å². The van der Waals surface area contributed by atoms with Gasteiger partial charge in [0.05, 0.1) is 11.7 Å². The molecule has 13 heteroatoms. The molecule has 0 spiro atoms. The second kappa shape index (κ2) is 8.05. The molecule has 0 saturated carbocycles. The van der Waals surface area contributed by atoms with Gasteiger partial charge in [-0.2, -0.15) is 13.1 Å². The number of benzene rings is 2. The Morgan fingerprint density at radius 2 is 1.90 bits per heavy atom. The van der Waals surface area contributed by atoms with Gasteiger partial charge in [-0.1, -0.05) is 6.07 Å². The van der Waals surface area contributed by atoms with E-state index in [4.69, 9.17) is 0 Å². The van der Waals surface area contributed by atoms with Gasteiger partial charge in [0.15, 0.2) is 0 Å². The van der Waals surface area contributed by atoms with E-state index in [-0.39, 0.29) is 22.6 Å². The highest BCUT2D eigenvalue weighted by Crippen LogP contribution is 2.31. The van der Waals surface area contributed by atoms with E-state index in [9.17, 15) is 26.4 Å². The summed E-state index contributed by atoms with van der Waals surface area (Å²) in [6.07, 6.45) is -4.02. The molecular formula is C18H15F3N4O4S2. The van der Waals surface area contributed by atoms with Crippen molar-refractivity contribution in [2.24, 2.45) is 0 Å². The Bertz CT molecular complexity index is 1210. The average molecular weight is 472 g/mol. The number of hydrogen-bond acceptors (Lipinski definition) is 7. The number of amides is 1. The number of carbonyl (C=O) groups is 1. The first-order chi connectivity index (χ1) is 14.6. The topological polar surface area (TPSA) is 101 Å². The number of aromatic nitrogens is 2. The summed E-state index contributed by atoms with van der Waals surface area (Å²) in [6.45, 7) is 0.159. The third-order valence-corrected chi connectivity index (χ3v) is 7.18. The van der Waals surface area contributed by atoms with Crippen molar-refractivity contribution in [2.45, 2.75) is 30.1 Å². The van der Waals surface area contributed by atoms with Crippen molar-refractivity contribution in [3.63, 3.8) is 0 Å². The largest absolute Gasteiger partial charge is 0.573 e. The minimum atomic E-state index is -4.82. The van der Waals surface area contributed by atoms with Gasteiger partial charge in [0.25, 0.3) is 0 Å². The predicted molar refractivity (Wildman–Crippen MR) is 106 cm³/mol. The van der Waals surface area contributed by atoms with Crippen molar-refractivity contribution in [3.05, 3.63) is 42.5 Å². The molecule has 1 unspecified atom stereocenters. The molecule has 164 valence electrons. The van der Waals surface area contributed by atoms with Crippen molar-refractivity contribution in [3.8, 4) is 5.75 Å². The number of nitrogens with one attached hydrogen (secondary N) is 1. The minimum absolute atomic E-state index is 0.0212. The maximum absolute atomic E-state index is 13.3. The lowest BCUT2D eigenvalue weighted by Crippen LogP contribution is -2.43. The molecule has 0 radical (unpaired) electrons. The van der Waals surface area contributed by atoms with Crippen LogP contribution in [0.3, 0.4) is 0 Å². The first-order valence-electron chi connectivity index (χ1n) is 9.05. The van der Waals surface area contributed by atoms with Crippen molar-refractivity contribution in [2.75, 3.05) is 11.9 Å². The number of carbonyl (C=O) groups excluding carboxylic acids is 1. The van der Waals surface area contributed by atoms with E-state index in [1.807, 2.05) is 0 Å². The molecule has 4 rings (SSSR count). The number of nitrogens with zero attached hydrogens (tertiary/aromatic N) is 3. The van der Waals surface area contributed by atoms with Gasteiger partial charge in [0.1, 0.15) is 27.7 Å². The fourth-order valence-electron chi connectivity index (χ4n) is 3.37. The molecule has 1 fully saturated rings. The zero-order valence-corrected chi connectivity index (χ0v) is 17.3. The Morgan fingerprint density at radius 3 is 2.61 bits per heavy atom. The summed E-state index contributed by atoms with van der Waals surface area (Å²) < 4.78 is 76.3. The number of anilines is 1. The number of rotatable bonds is 5. The Balaban J connectivity index is 1.53. The Hall–Kier alpha value is -2.77. The summed E-state index contributed by atoms with van der Waals surface area (Å²) in [4.78, 5) is 12.8. The van der Waals surface area contributed by atoms with Crippen LogP contribution in [0.4, 0.5) is 18.9 Å². The summed E-state index contributed by atoms with van der Waals surface area (Å²) in [5, 5.41) is 2.55. The Labute approximate surface area is 179 Å². The molecule has 31 heavy (non-hydrogen) atoms. The highest BCUT2D eigenvalue weighted by atomic mass is 32.2. The third kappa shape index (κ3) is 4.48. The fourth-order valence-corrected chi connectivity index (χ4v) is 5.78. The van der Waals surface area contributed by atoms with E-state index in [1.54, 1.807) is 12.1 Å². The minimum Gasteiger partial charge on any atom is -0.406 e. The van der Waals surface area contributed by atoms with Crippen LogP contribution in [0, 0.1) is 0 Å². The van der Waals surface area contributed by atoms with Crippen LogP contribution >= 0.6 is 11.7 Å². The second-order valence-electron chi connectivity index (χ2n) is 6.72. The van der Waals surface area contributed by atoms with Crippen molar-refractivity contribution in [1.82, 2.24) is 13.1 Å². The van der Waals surface area contributed by atoms with Crippen LogP contribution in [0.5, 0.6) is 5.75 Å². The summed E-state index contributed by atoms with van der Waals surface area (Å²) >= 11 is 0.896. The van der Waals surface area contributed by atoms with Crippen LogP contribution in [0.25, 0.3) is 11.0 Å². The second-order valence-corrected chi connectivity index (χ2v) is 9.11. The van der Waals surface area contributed by atoms with E-state index in [2.05, 4.69) is 18.8 Å². The molecule has 2 aromatic carbocycles. The molecule has 1 saturated heterocycles. The van der Waals surface area contributed by atoms with Crippen LogP contribution < -0.4 is 10.1 Å². The van der Waals surface area contributed by atoms with Gasteiger partial charge in [0.2, 0.25) is 15.9 Å². The first-order valence-corrected chi connectivity index (χ1v) is 11.2. The zero-order valence-electron chi connectivity index (χ0n) is 15.7. The number of sulfonamides is 1. The van der Waals surface area contributed by atoms with E-state index in [0.29, 0.717) is 18.4 Å². The van der Waals surface area contributed by atoms with Crippen LogP contribution in [-0.4, -0.2) is 46.3 Å². The molecule has 1 aromatic heterocycles. The van der Waals surface area contributed by atoms with Crippen LogP contribution in [0.2, 0.25) is 0 Å². The highest BCUT2D eigenvalue weighted by Gasteiger charge is 2.40. The maximum atomic E-state index is 13.3. The lowest BCUT2D eigenvalue weighted by molar-refractivity contribution is -0.274. The summed E-state index contributed by atoms with van der Waals surface area (Å²) in [6, 6.07) is 8.28. The molecule has 1 N–H and O–H groups in total. The van der Waals surface area contributed by atoms with Gasteiger partial charge >= 0.3 is 6.36 Å². The molecule has 1 amide bonds. The number of ether oxygens (including phenoxy) is 1. The third-order valence-electron chi connectivity index (χ3n) is 4.70. The Kier molecular flexibility index (Phi) is 5.58. The fraction of sp³-hybridized carbons (Fsp3) is 0.278. The van der Waals surface area contributed by atoms with Crippen molar-refractivity contribution >= 4 is 44.4 Å².